The first-order valence-corrected chi connectivity index (χ1v) is 7.76. The van der Waals surface area contributed by atoms with E-state index in [1.165, 1.54) is 6.42 Å². The first kappa shape index (κ1) is 14.2. The number of furan rings is 1. The highest BCUT2D eigenvalue weighted by molar-refractivity contribution is 7.14. The molecular weight excluding hydrogens is 258 g/mol. The molecule has 0 saturated heterocycles. The maximum absolute atomic E-state index is 5.43. The van der Waals surface area contributed by atoms with E-state index in [9.17, 15) is 0 Å². The van der Waals surface area contributed by atoms with Crippen molar-refractivity contribution < 1.29 is 4.42 Å². The van der Waals surface area contributed by atoms with Crippen LogP contribution in [0.25, 0.3) is 10.6 Å². The third kappa shape index (κ3) is 3.88. The molecule has 0 amide bonds. The van der Waals surface area contributed by atoms with Gasteiger partial charge in [0.1, 0.15) is 10.8 Å². The van der Waals surface area contributed by atoms with Crippen LogP contribution < -0.4 is 5.32 Å². The fraction of sp³-hybridized carbons (Fsp3) is 0.571. The Labute approximate surface area is 118 Å². The van der Waals surface area contributed by atoms with Crippen molar-refractivity contribution in [2.75, 3.05) is 13.1 Å². The molecule has 19 heavy (non-hydrogen) atoms. The Balaban J connectivity index is 1.88. The summed E-state index contributed by atoms with van der Waals surface area (Å²) in [7, 11) is 0. The molecule has 4 nitrogen and oxygen atoms in total. The van der Waals surface area contributed by atoms with Crippen molar-refractivity contribution in [3.05, 3.63) is 23.1 Å². The number of aryl methyl sites for hydroxylation is 2. The summed E-state index contributed by atoms with van der Waals surface area (Å²) in [5.74, 6) is 0.993. The van der Waals surface area contributed by atoms with E-state index in [0.717, 1.165) is 53.7 Å². The van der Waals surface area contributed by atoms with Gasteiger partial charge in [-0.25, -0.2) is 0 Å². The van der Waals surface area contributed by atoms with Gasteiger partial charge >= 0.3 is 0 Å². The second-order valence-electron chi connectivity index (χ2n) is 4.47. The SMILES string of the molecule is CCCNCCCc1nnc(-c2ccoc2CC)s1. The minimum absolute atomic E-state index is 0.887. The minimum atomic E-state index is 0.887. The van der Waals surface area contributed by atoms with Crippen LogP contribution in [-0.2, 0) is 12.8 Å². The molecule has 0 fully saturated rings. The minimum Gasteiger partial charge on any atom is -0.469 e. The largest absolute Gasteiger partial charge is 0.469 e. The number of nitrogens with one attached hydrogen (secondary N) is 1. The van der Waals surface area contributed by atoms with Gasteiger partial charge in [-0.1, -0.05) is 25.2 Å². The van der Waals surface area contributed by atoms with Gasteiger partial charge in [0, 0.05) is 12.8 Å². The lowest BCUT2D eigenvalue weighted by molar-refractivity contribution is 0.517. The third-order valence-electron chi connectivity index (χ3n) is 2.93. The number of rotatable bonds is 8. The Bertz CT molecular complexity index is 492. The van der Waals surface area contributed by atoms with Gasteiger partial charge in [-0.3, -0.25) is 0 Å². The van der Waals surface area contributed by atoms with E-state index in [1.54, 1.807) is 17.6 Å². The zero-order chi connectivity index (χ0) is 13.5. The Kier molecular flexibility index (Phi) is 5.54. The van der Waals surface area contributed by atoms with Crippen LogP contribution in [0.3, 0.4) is 0 Å². The number of hydrogen-bond donors (Lipinski definition) is 1. The fourth-order valence-corrected chi connectivity index (χ4v) is 2.86. The Hall–Kier alpha value is -1.20. The molecular formula is C14H21N3OS. The van der Waals surface area contributed by atoms with Gasteiger partial charge in [-0.15, -0.1) is 10.2 Å². The van der Waals surface area contributed by atoms with Crippen LogP contribution in [-0.4, -0.2) is 23.3 Å². The molecule has 0 aliphatic carbocycles. The lowest BCUT2D eigenvalue weighted by atomic mass is 10.2. The molecule has 0 aromatic carbocycles. The summed E-state index contributed by atoms with van der Waals surface area (Å²) in [5, 5.41) is 14.0. The van der Waals surface area contributed by atoms with E-state index in [-0.39, 0.29) is 0 Å². The van der Waals surface area contributed by atoms with Gasteiger partial charge < -0.3 is 9.73 Å². The quantitative estimate of drug-likeness (QED) is 0.753. The van der Waals surface area contributed by atoms with Gasteiger partial charge in [0.05, 0.1) is 11.8 Å². The van der Waals surface area contributed by atoms with Crippen LogP contribution in [0, 0.1) is 0 Å². The molecule has 0 atom stereocenters. The maximum Gasteiger partial charge on any atom is 0.151 e. The van der Waals surface area contributed by atoms with Crippen molar-refractivity contribution in [3.8, 4) is 10.6 Å². The molecule has 2 rings (SSSR count). The first-order valence-electron chi connectivity index (χ1n) is 6.95. The normalized spacial score (nSPS) is 11.1. The van der Waals surface area contributed by atoms with Crippen LogP contribution in [0.1, 0.15) is 37.5 Å². The van der Waals surface area contributed by atoms with Crippen molar-refractivity contribution >= 4 is 11.3 Å². The van der Waals surface area contributed by atoms with Gasteiger partial charge in [0.2, 0.25) is 0 Å². The summed E-state index contributed by atoms with van der Waals surface area (Å²) < 4.78 is 5.43. The van der Waals surface area contributed by atoms with E-state index < -0.39 is 0 Å². The van der Waals surface area contributed by atoms with Crippen LogP contribution in [0.15, 0.2) is 16.7 Å². The van der Waals surface area contributed by atoms with Crippen LogP contribution in [0.2, 0.25) is 0 Å². The van der Waals surface area contributed by atoms with Crippen molar-refractivity contribution in [1.82, 2.24) is 15.5 Å². The fourth-order valence-electron chi connectivity index (χ4n) is 1.93. The molecule has 0 bridgehead atoms. The molecule has 0 aliphatic heterocycles. The number of nitrogens with zero attached hydrogens (tertiary/aromatic N) is 2. The Morgan fingerprint density at radius 1 is 1.26 bits per heavy atom. The average molecular weight is 279 g/mol. The van der Waals surface area contributed by atoms with E-state index in [4.69, 9.17) is 4.42 Å². The highest BCUT2D eigenvalue weighted by atomic mass is 32.1. The summed E-state index contributed by atoms with van der Waals surface area (Å²) >= 11 is 1.67. The van der Waals surface area contributed by atoms with Crippen LogP contribution in [0.5, 0.6) is 0 Å². The summed E-state index contributed by atoms with van der Waals surface area (Å²) in [6, 6.07) is 1.98. The zero-order valence-corrected chi connectivity index (χ0v) is 12.4. The van der Waals surface area contributed by atoms with Gasteiger partial charge in [0.25, 0.3) is 0 Å². The molecule has 0 aliphatic rings. The lowest BCUT2D eigenvalue weighted by Gasteiger charge is -1.99. The van der Waals surface area contributed by atoms with Gasteiger partial charge in [-0.2, -0.15) is 0 Å². The van der Waals surface area contributed by atoms with Crippen molar-refractivity contribution in [1.29, 1.82) is 0 Å². The van der Waals surface area contributed by atoms with E-state index in [1.807, 2.05) is 6.07 Å². The van der Waals surface area contributed by atoms with Crippen LogP contribution >= 0.6 is 11.3 Å². The van der Waals surface area contributed by atoms with E-state index in [2.05, 4.69) is 29.4 Å². The molecule has 0 spiro atoms. The van der Waals surface area contributed by atoms with Crippen molar-refractivity contribution in [3.63, 3.8) is 0 Å². The van der Waals surface area contributed by atoms with Gasteiger partial charge in [0.15, 0.2) is 5.01 Å². The summed E-state index contributed by atoms with van der Waals surface area (Å²) in [6.45, 7) is 6.41. The molecule has 0 radical (unpaired) electrons. The molecule has 104 valence electrons. The standard InChI is InChI=1S/C14H21N3OS/c1-3-8-15-9-5-6-13-16-17-14(19-13)11-7-10-18-12(11)4-2/h7,10,15H,3-6,8-9H2,1-2H3. The molecule has 5 heteroatoms. The smallest absolute Gasteiger partial charge is 0.151 e. The lowest BCUT2D eigenvalue weighted by Crippen LogP contribution is -2.16. The van der Waals surface area contributed by atoms with Crippen LogP contribution in [0.4, 0.5) is 0 Å². The summed E-state index contributed by atoms with van der Waals surface area (Å²) in [6.07, 6.45) is 5.90. The Morgan fingerprint density at radius 2 is 2.16 bits per heavy atom. The monoisotopic (exact) mass is 279 g/mol. The molecule has 2 aromatic rings. The van der Waals surface area contributed by atoms with Crippen molar-refractivity contribution in [2.45, 2.75) is 39.5 Å². The number of hydrogen-bond acceptors (Lipinski definition) is 5. The predicted molar refractivity (Wildman–Crippen MR) is 78.5 cm³/mol. The predicted octanol–water partition coefficient (Wildman–Crippen LogP) is 3.29. The molecule has 1 N–H and O–H groups in total. The highest BCUT2D eigenvalue weighted by Gasteiger charge is 2.12. The first-order chi connectivity index (χ1) is 9.35. The molecule has 0 saturated carbocycles. The third-order valence-corrected chi connectivity index (χ3v) is 3.95. The topological polar surface area (TPSA) is 51.0 Å². The number of aromatic nitrogens is 2. The van der Waals surface area contributed by atoms with E-state index in [0.29, 0.717) is 0 Å². The van der Waals surface area contributed by atoms with Crippen molar-refractivity contribution in [2.24, 2.45) is 0 Å². The average Bonchev–Trinajstić information content (AvgIpc) is 3.06. The molecule has 2 aromatic heterocycles. The summed E-state index contributed by atoms with van der Waals surface area (Å²) in [5.41, 5.74) is 1.09. The summed E-state index contributed by atoms with van der Waals surface area (Å²) in [4.78, 5) is 0. The second kappa shape index (κ2) is 7.40. The van der Waals surface area contributed by atoms with Gasteiger partial charge in [-0.05, 0) is 32.0 Å². The second-order valence-corrected chi connectivity index (χ2v) is 5.53. The van der Waals surface area contributed by atoms with E-state index >= 15 is 0 Å². The molecule has 2 heterocycles. The molecule has 0 unspecified atom stereocenters. The maximum atomic E-state index is 5.43. The Morgan fingerprint density at radius 3 is 2.95 bits per heavy atom. The zero-order valence-electron chi connectivity index (χ0n) is 11.6. The highest BCUT2D eigenvalue weighted by Crippen LogP contribution is 2.28.